The summed E-state index contributed by atoms with van der Waals surface area (Å²) >= 11 is 0. The number of allylic oxidation sites excluding steroid dienone is 4. The van der Waals surface area contributed by atoms with Gasteiger partial charge in [0.2, 0.25) is 0 Å². The van der Waals surface area contributed by atoms with E-state index in [0.717, 1.165) is 5.92 Å². The molecule has 86 valence electrons. The maximum Gasteiger partial charge on any atom is 0.0661 e. The largest absolute Gasteiger partial charge is 0.0740 e. The molecule has 15 heavy (non-hydrogen) atoms. The Balaban J connectivity index is 3.21. The Hall–Kier alpha value is -0.0862. The first kappa shape index (κ1) is 13.0. The van der Waals surface area contributed by atoms with E-state index in [1.807, 2.05) is 5.20 Å². The van der Waals surface area contributed by atoms with Gasteiger partial charge in [-0.25, -0.2) is 0 Å². The zero-order chi connectivity index (χ0) is 12.0. The van der Waals surface area contributed by atoms with E-state index in [9.17, 15) is 0 Å². The van der Waals surface area contributed by atoms with Crippen LogP contribution in [0.5, 0.6) is 0 Å². The molecule has 0 amide bonds. The van der Waals surface area contributed by atoms with Crippen LogP contribution in [-0.4, -0.2) is 15.9 Å². The van der Waals surface area contributed by atoms with E-state index >= 15 is 0 Å². The van der Waals surface area contributed by atoms with Crippen molar-refractivity contribution in [3.05, 3.63) is 21.9 Å². The van der Waals surface area contributed by atoms with Crippen molar-refractivity contribution in [1.29, 1.82) is 0 Å². The van der Waals surface area contributed by atoms with Crippen LogP contribution in [0.1, 0.15) is 27.7 Å². The molecule has 0 aromatic carbocycles. The Morgan fingerprint density at radius 1 is 1.00 bits per heavy atom. The molecular weight excluding hydrogens is 212 g/mol. The number of rotatable bonds is 2. The molecule has 0 spiro atoms. The lowest BCUT2D eigenvalue weighted by Gasteiger charge is -2.32. The maximum atomic E-state index is 2.59. The zero-order valence-electron chi connectivity index (χ0n) is 11.7. The van der Waals surface area contributed by atoms with E-state index in [0.29, 0.717) is 0 Å². The quantitative estimate of drug-likeness (QED) is 0.635. The van der Waals surface area contributed by atoms with Crippen molar-refractivity contribution in [3.63, 3.8) is 0 Å². The van der Waals surface area contributed by atoms with E-state index < -0.39 is 15.9 Å². The van der Waals surface area contributed by atoms with Gasteiger partial charge in [0.1, 0.15) is 0 Å². The van der Waals surface area contributed by atoms with Crippen LogP contribution >= 0.6 is 0 Å². The van der Waals surface area contributed by atoms with Gasteiger partial charge in [0.15, 0.2) is 0 Å². The zero-order valence-corrected chi connectivity index (χ0v) is 13.8. The van der Waals surface area contributed by atoms with Crippen molar-refractivity contribution >= 4 is 15.9 Å². The second kappa shape index (κ2) is 4.06. The molecule has 0 fully saturated rings. The van der Waals surface area contributed by atoms with Gasteiger partial charge in [0.05, 0.1) is 7.59 Å². The van der Waals surface area contributed by atoms with Crippen LogP contribution in [-0.2, 0) is 0 Å². The standard InChI is InChI=1S/C13H26Si2/c1-9-10(2)12(4)13(11(9)3)15(7,8)14(5)6/h11,14H,1-8H3. The number of hydrogen-bond acceptors (Lipinski definition) is 0. The molecule has 1 aliphatic rings. The fraction of sp³-hybridized carbons (Fsp3) is 0.692. The topological polar surface area (TPSA) is 0 Å². The molecule has 1 unspecified atom stereocenters. The van der Waals surface area contributed by atoms with Crippen molar-refractivity contribution in [2.45, 2.75) is 53.9 Å². The Kier molecular flexibility index (Phi) is 3.51. The van der Waals surface area contributed by atoms with E-state index in [-0.39, 0.29) is 0 Å². The van der Waals surface area contributed by atoms with Crippen molar-refractivity contribution in [2.24, 2.45) is 5.92 Å². The van der Waals surface area contributed by atoms with Gasteiger partial charge in [-0.1, -0.05) is 49.5 Å². The summed E-state index contributed by atoms with van der Waals surface area (Å²) in [6.45, 7) is 19.6. The first-order chi connectivity index (χ1) is 6.71. The molecule has 0 radical (unpaired) electrons. The molecule has 0 N–H and O–H groups in total. The summed E-state index contributed by atoms with van der Waals surface area (Å²) in [5.41, 5.74) is 4.84. The van der Waals surface area contributed by atoms with E-state index in [1.54, 1.807) is 16.7 Å². The predicted octanol–water partition coefficient (Wildman–Crippen LogP) is 4.10. The highest BCUT2D eigenvalue weighted by Gasteiger charge is 2.38. The van der Waals surface area contributed by atoms with Gasteiger partial charge in [0, 0.05) is 8.31 Å². The first-order valence-corrected chi connectivity index (χ1v) is 13.2. The highest BCUT2D eigenvalue weighted by Crippen LogP contribution is 2.41. The van der Waals surface area contributed by atoms with E-state index in [4.69, 9.17) is 0 Å². The normalized spacial score (nSPS) is 23.4. The van der Waals surface area contributed by atoms with Gasteiger partial charge in [-0.2, -0.15) is 0 Å². The maximum absolute atomic E-state index is 2.59. The van der Waals surface area contributed by atoms with Gasteiger partial charge >= 0.3 is 0 Å². The smallest absolute Gasteiger partial charge is 0.0661 e. The summed E-state index contributed by atoms with van der Waals surface area (Å²) in [6, 6.07) is 0. The van der Waals surface area contributed by atoms with Crippen molar-refractivity contribution in [2.75, 3.05) is 0 Å². The highest BCUT2D eigenvalue weighted by molar-refractivity contribution is 7.34. The van der Waals surface area contributed by atoms with Gasteiger partial charge in [-0.05, 0) is 32.3 Å². The molecule has 0 aromatic heterocycles. The fourth-order valence-electron chi connectivity index (χ4n) is 2.72. The minimum Gasteiger partial charge on any atom is -0.0740 e. The lowest BCUT2D eigenvalue weighted by Crippen LogP contribution is -2.45. The van der Waals surface area contributed by atoms with Crippen LogP contribution in [0.2, 0.25) is 26.2 Å². The predicted molar refractivity (Wildman–Crippen MR) is 76.6 cm³/mol. The molecule has 1 aliphatic carbocycles. The van der Waals surface area contributed by atoms with Crippen molar-refractivity contribution in [1.82, 2.24) is 0 Å². The molecule has 0 aromatic rings. The van der Waals surface area contributed by atoms with E-state index in [1.165, 1.54) is 0 Å². The van der Waals surface area contributed by atoms with Crippen molar-refractivity contribution < 1.29 is 0 Å². The highest BCUT2D eigenvalue weighted by atomic mass is 29.2. The van der Waals surface area contributed by atoms with Gasteiger partial charge < -0.3 is 0 Å². The lowest BCUT2D eigenvalue weighted by atomic mass is 10.1. The molecular formula is C13H26Si2. The molecule has 1 rings (SSSR count). The third kappa shape index (κ3) is 1.94. The average Bonchev–Trinajstić information content (AvgIpc) is 2.31. The summed E-state index contributed by atoms with van der Waals surface area (Å²) in [7, 11) is -1.59. The Bertz CT molecular complexity index is 332. The Morgan fingerprint density at radius 3 is 1.73 bits per heavy atom. The fourth-order valence-corrected chi connectivity index (χ4v) is 9.09. The lowest BCUT2D eigenvalue weighted by molar-refractivity contribution is 0.850. The number of hydrogen-bond donors (Lipinski definition) is 0. The second-order valence-electron chi connectivity index (χ2n) is 5.94. The molecule has 0 bridgehead atoms. The SMILES string of the molecule is CC1=C(C)C(C)C([Si](C)(C)[SiH](C)C)=C1C. The summed E-state index contributed by atoms with van der Waals surface area (Å²) in [5, 5.41) is 1.86. The summed E-state index contributed by atoms with van der Waals surface area (Å²) in [5.74, 6) is 0.738. The molecule has 0 heterocycles. The molecule has 2 heteroatoms. The molecule has 0 aliphatic heterocycles. The second-order valence-corrected chi connectivity index (χ2v) is 20.0. The Morgan fingerprint density at radius 2 is 1.47 bits per heavy atom. The van der Waals surface area contributed by atoms with Crippen LogP contribution in [0.15, 0.2) is 21.9 Å². The third-order valence-electron chi connectivity index (χ3n) is 4.78. The molecule has 0 saturated carbocycles. The third-order valence-corrected chi connectivity index (χ3v) is 19.5. The van der Waals surface area contributed by atoms with Crippen LogP contribution in [0.4, 0.5) is 0 Å². The first-order valence-electron chi connectivity index (χ1n) is 6.10. The summed E-state index contributed by atoms with van der Waals surface area (Å²) in [4.78, 5) is 0. The molecule has 0 saturated heterocycles. The van der Waals surface area contributed by atoms with Gasteiger partial charge in [-0.15, -0.1) is 0 Å². The van der Waals surface area contributed by atoms with Crippen LogP contribution in [0.3, 0.4) is 0 Å². The van der Waals surface area contributed by atoms with Crippen molar-refractivity contribution in [3.8, 4) is 0 Å². The average molecular weight is 239 g/mol. The van der Waals surface area contributed by atoms with Gasteiger partial charge in [-0.3, -0.25) is 0 Å². The summed E-state index contributed by atoms with van der Waals surface area (Å²) in [6.07, 6.45) is 0. The van der Waals surface area contributed by atoms with Crippen LogP contribution in [0.25, 0.3) is 0 Å². The van der Waals surface area contributed by atoms with E-state index in [2.05, 4.69) is 53.9 Å². The van der Waals surface area contributed by atoms with Crippen LogP contribution < -0.4 is 0 Å². The monoisotopic (exact) mass is 238 g/mol. The minimum absolute atomic E-state index is 0.510. The van der Waals surface area contributed by atoms with Gasteiger partial charge in [0.25, 0.3) is 0 Å². The minimum atomic E-state index is -1.08. The molecule has 1 atom stereocenters. The molecule has 0 nitrogen and oxygen atoms in total. The van der Waals surface area contributed by atoms with Crippen LogP contribution in [0, 0.1) is 5.92 Å². The summed E-state index contributed by atoms with van der Waals surface area (Å²) < 4.78 is 0. The Labute approximate surface area is 97.9 Å².